The molecule has 9 nitrogen and oxygen atoms in total. The summed E-state index contributed by atoms with van der Waals surface area (Å²) in [7, 11) is 0. The summed E-state index contributed by atoms with van der Waals surface area (Å²) >= 11 is 5.71. The summed E-state index contributed by atoms with van der Waals surface area (Å²) in [6, 6.07) is 3.22. The van der Waals surface area contributed by atoms with Crippen LogP contribution in [0.25, 0.3) is 26.9 Å². The van der Waals surface area contributed by atoms with E-state index in [0.717, 1.165) is 11.1 Å². The Labute approximate surface area is 156 Å². The van der Waals surface area contributed by atoms with E-state index in [-0.39, 0.29) is 16.9 Å². The number of nitrogens with one attached hydrogen (secondary N) is 2. The highest BCUT2D eigenvalue weighted by molar-refractivity contribution is 6.29. The number of pyridine rings is 2. The highest BCUT2D eigenvalue weighted by atomic mass is 35.5. The molecule has 0 saturated heterocycles. The second-order valence-corrected chi connectivity index (χ2v) is 5.92. The molecule has 0 aliphatic carbocycles. The average molecular weight is 382 g/mol. The Kier molecular flexibility index (Phi) is 4.92. The van der Waals surface area contributed by atoms with Crippen molar-refractivity contribution in [2.45, 2.75) is 13.8 Å². The summed E-state index contributed by atoms with van der Waals surface area (Å²) in [6.07, 6.45) is 2.60. The maximum atomic E-state index is 11.4. The van der Waals surface area contributed by atoms with E-state index in [2.05, 4.69) is 34.7 Å². The maximum Gasteiger partial charge on any atom is 0.272 e. The zero-order valence-corrected chi connectivity index (χ0v) is 15.0. The molecule has 4 aromatic rings. The number of nitrogens with zero attached hydrogens (tertiary/aromatic N) is 5. The fraction of sp³-hybridized carbons (Fsp3) is 0.118. The van der Waals surface area contributed by atoms with Gasteiger partial charge in [-0.1, -0.05) is 23.2 Å². The predicted octanol–water partition coefficient (Wildman–Crippen LogP) is 2.46. The number of H-pyrrole nitrogens is 2. The highest BCUT2D eigenvalue weighted by Crippen LogP contribution is 2.16. The molecule has 0 unspecified atom stereocenters. The lowest BCUT2D eigenvalue weighted by Gasteiger charge is -1.98. The van der Waals surface area contributed by atoms with Crippen molar-refractivity contribution in [2.75, 3.05) is 0 Å². The summed E-state index contributed by atoms with van der Waals surface area (Å²) in [5, 5.41) is 1.29. The molecule has 0 aromatic carbocycles. The average Bonchev–Trinajstić information content (AvgIpc) is 2.61. The third-order valence-electron chi connectivity index (χ3n) is 3.68. The molecule has 0 spiro atoms. The fourth-order valence-corrected chi connectivity index (χ4v) is 2.75. The molecule has 0 atom stereocenters. The SMILES string of the molecule is Cc1cc(Cl)nc2nc[nH]c(=O)c12.[C-]#[N+]c1cc(C)c2c(=O)[nH]cnc2n1. The van der Waals surface area contributed by atoms with Gasteiger partial charge in [-0.05, 0) is 37.1 Å². The highest BCUT2D eigenvalue weighted by Gasteiger charge is 2.09. The summed E-state index contributed by atoms with van der Waals surface area (Å²) in [6.45, 7) is 10.4. The number of hydrogen-bond acceptors (Lipinski definition) is 6. The van der Waals surface area contributed by atoms with Gasteiger partial charge >= 0.3 is 0 Å². The van der Waals surface area contributed by atoms with Crippen molar-refractivity contribution >= 4 is 39.5 Å². The Morgan fingerprint density at radius 3 is 2.00 bits per heavy atom. The Morgan fingerprint density at radius 2 is 1.44 bits per heavy atom. The number of aromatic amines is 2. The van der Waals surface area contributed by atoms with Crippen molar-refractivity contribution in [3.05, 3.63) is 73.2 Å². The van der Waals surface area contributed by atoms with Crippen LogP contribution >= 0.6 is 11.6 Å². The lowest BCUT2D eigenvalue weighted by Crippen LogP contribution is -2.08. The first-order valence-corrected chi connectivity index (χ1v) is 8.01. The van der Waals surface area contributed by atoms with Gasteiger partial charge in [-0.3, -0.25) is 9.59 Å². The summed E-state index contributed by atoms with van der Waals surface area (Å²) in [4.78, 5) is 46.5. The van der Waals surface area contributed by atoms with Crippen LogP contribution in [0.3, 0.4) is 0 Å². The number of aromatic nitrogens is 6. The van der Waals surface area contributed by atoms with Gasteiger partial charge in [0.05, 0.1) is 18.0 Å². The third-order valence-corrected chi connectivity index (χ3v) is 3.88. The van der Waals surface area contributed by atoms with Crippen molar-refractivity contribution in [3.8, 4) is 0 Å². The normalized spacial score (nSPS) is 10.3. The molecule has 0 bridgehead atoms. The minimum atomic E-state index is -0.225. The molecular weight excluding hydrogens is 370 g/mol. The van der Waals surface area contributed by atoms with Crippen LogP contribution in [0, 0.1) is 20.4 Å². The Hall–Kier alpha value is -3.64. The third kappa shape index (κ3) is 3.65. The van der Waals surface area contributed by atoms with Crippen molar-refractivity contribution in [1.29, 1.82) is 0 Å². The van der Waals surface area contributed by atoms with E-state index in [4.69, 9.17) is 18.2 Å². The molecule has 4 aromatic heterocycles. The topological polar surface area (TPSA) is 122 Å². The minimum absolute atomic E-state index is 0.188. The molecule has 0 amide bonds. The molecule has 0 aliphatic heterocycles. The predicted molar refractivity (Wildman–Crippen MR) is 101 cm³/mol. The van der Waals surface area contributed by atoms with Crippen LogP contribution in [-0.2, 0) is 0 Å². The number of rotatable bonds is 0. The van der Waals surface area contributed by atoms with Crippen LogP contribution in [0.5, 0.6) is 0 Å². The molecule has 0 radical (unpaired) electrons. The van der Waals surface area contributed by atoms with Gasteiger partial charge in [-0.2, -0.15) is 4.98 Å². The molecule has 4 heterocycles. The fourth-order valence-electron chi connectivity index (χ4n) is 2.51. The molecule has 134 valence electrons. The van der Waals surface area contributed by atoms with Crippen LogP contribution in [-0.4, -0.2) is 29.9 Å². The van der Waals surface area contributed by atoms with E-state index in [1.807, 2.05) is 0 Å². The number of halogens is 1. The largest absolute Gasteiger partial charge is 0.361 e. The molecule has 10 heteroatoms. The molecule has 0 fully saturated rings. The first-order valence-electron chi connectivity index (χ1n) is 7.63. The first kappa shape index (κ1) is 18.2. The number of fused-ring (bicyclic) bond motifs is 2. The molecule has 27 heavy (non-hydrogen) atoms. The van der Waals surface area contributed by atoms with E-state index in [9.17, 15) is 9.59 Å². The summed E-state index contributed by atoms with van der Waals surface area (Å²) < 4.78 is 0. The van der Waals surface area contributed by atoms with Gasteiger partial charge in [-0.25, -0.2) is 9.97 Å². The van der Waals surface area contributed by atoms with Crippen molar-refractivity contribution < 1.29 is 0 Å². The van der Waals surface area contributed by atoms with Crippen LogP contribution in [0.1, 0.15) is 11.1 Å². The van der Waals surface area contributed by atoms with E-state index in [0.29, 0.717) is 27.2 Å². The Balaban J connectivity index is 0.000000156. The smallest absolute Gasteiger partial charge is 0.272 e. The zero-order valence-electron chi connectivity index (χ0n) is 14.2. The van der Waals surface area contributed by atoms with E-state index in [1.54, 1.807) is 26.0 Å². The molecule has 4 rings (SSSR count). The van der Waals surface area contributed by atoms with Crippen LogP contribution in [0.4, 0.5) is 5.82 Å². The van der Waals surface area contributed by atoms with Crippen LogP contribution < -0.4 is 11.1 Å². The maximum absolute atomic E-state index is 11.4. The Bertz CT molecular complexity index is 1320. The quantitative estimate of drug-likeness (QED) is 0.356. The molecular formula is C17H12ClN7O2. The van der Waals surface area contributed by atoms with Crippen LogP contribution in [0.2, 0.25) is 5.15 Å². The van der Waals surface area contributed by atoms with Gasteiger partial charge in [0.1, 0.15) is 10.5 Å². The zero-order chi connectivity index (χ0) is 19.6. The van der Waals surface area contributed by atoms with Crippen molar-refractivity contribution in [2.24, 2.45) is 0 Å². The van der Waals surface area contributed by atoms with Crippen molar-refractivity contribution in [3.63, 3.8) is 0 Å². The van der Waals surface area contributed by atoms with E-state index in [1.165, 1.54) is 12.7 Å². The van der Waals surface area contributed by atoms with Crippen molar-refractivity contribution in [1.82, 2.24) is 29.9 Å². The standard InChI is InChI=1S/C9H6N4O.C8H6ClN3O/c1-5-3-6(10-2)13-8-7(5)9(14)12-4-11-8;1-4-2-5(9)12-7-6(4)8(13)11-3-10-7/h3-4H,1H3,(H,11,12,13,14);2-3H,1H3,(H,10,11,12,13). The van der Waals surface area contributed by atoms with Gasteiger partial charge in [-0.15, -0.1) is 0 Å². The van der Waals surface area contributed by atoms with Gasteiger partial charge in [0.15, 0.2) is 5.65 Å². The first-order chi connectivity index (χ1) is 12.9. The van der Waals surface area contributed by atoms with Gasteiger partial charge in [0.2, 0.25) is 0 Å². The molecule has 0 saturated carbocycles. The number of aryl methyl sites for hydroxylation is 2. The summed E-state index contributed by atoms with van der Waals surface area (Å²) in [5.41, 5.74) is 1.79. The van der Waals surface area contributed by atoms with Crippen LogP contribution in [0.15, 0.2) is 34.4 Å². The lowest BCUT2D eigenvalue weighted by atomic mass is 10.2. The van der Waals surface area contributed by atoms with Gasteiger partial charge < -0.3 is 14.8 Å². The van der Waals surface area contributed by atoms with Gasteiger partial charge in [0.25, 0.3) is 22.6 Å². The Morgan fingerprint density at radius 1 is 0.926 bits per heavy atom. The van der Waals surface area contributed by atoms with Gasteiger partial charge in [0, 0.05) is 0 Å². The summed E-state index contributed by atoms with van der Waals surface area (Å²) in [5.74, 6) is 0.258. The van der Waals surface area contributed by atoms with E-state index >= 15 is 0 Å². The van der Waals surface area contributed by atoms with E-state index < -0.39 is 0 Å². The minimum Gasteiger partial charge on any atom is -0.361 e. The lowest BCUT2D eigenvalue weighted by molar-refractivity contribution is 1.13. The molecule has 2 N–H and O–H groups in total. The number of hydrogen-bond donors (Lipinski definition) is 2. The second kappa shape index (κ2) is 7.31. The molecule has 0 aliphatic rings. The second-order valence-electron chi connectivity index (χ2n) is 5.53. The monoisotopic (exact) mass is 381 g/mol.